The Morgan fingerprint density at radius 3 is 2.14 bits per heavy atom. The second-order valence-electron chi connectivity index (χ2n) is 6.44. The van der Waals surface area contributed by atoms with Crippen LogP contribution >= 0.6 is 0 Å². The molecule has 1 atom stereocenters. The summed E-state index contributed by atoms with van der Waals surface area (Å²) in [6, 6.07) is 21.4. The molecule has 6 heteroatoms. The highest BCUT2D eigenvalue weighted by atomic mass is 32.2. The zero-order valence-corrected chi connectivity index (χ0v) is 16.2. The molecule has 0 radical (unpaired) electrons. The van der Waals surface area contributed by atoms with Crippen molar-refractivity contribution in [3.8, 4) is 0 Å². The number of anilines is 2. The van der Waals surface area contributed by atoms with Crippen LogP contribution in [0.3, 0.4) is 0 Å². The smallest absolute Gasteiger partial charge is 0.335 e. The zero-order valence-electron chi connectivity index (χ0n) is 15.4. The number of hydrogen-bond acceptors (Lipinski definition) is 3. The molecule has 0 amide bonds. The summed E-state index contributed by atoms with van der Waals surface area (Å²) < 4.78 is 25.3. The van der Waals surface area contributed by atoms with E-state index in [9.17, 15) is 18.7 Å². The molecule has 144 valence electrons. The molecule has 0 aliphatic carbocycles. The molecule has 5 nitrogen and oxygen atoms in total. The molecule has 3 aromatic carbocycles. The maximum Gasteiger partial charge on any atom is 0.335 e. The highest BCUT2D eigenvalue weighted by Crippen LogP contribution is 2.31. The van der Waals surface area contributed by atoms with Gasteiger partial charge in [-0.15, -0.1) is 0 Å². The van der Waals surface area contributed by atoms with E-state index in [0.717, 1.165) is 16.7 Å². The Morgan fingerprint density at radius 1 is 0.929 bits per heavy atom. The molecule has 0 saturated heterocycles. The molecule has 0 heterocycles. The molecule has 0 saturated carbocycles. The van der Waals surface area contributed by atoms with Crippen LogP contribution in [0.4, 0.5) is 11.4 Å². The van der Waals surface area contributed by atoms with E-state index in [2.05, 4.69) is 0 Å². The minimum absolute atomic E-state index is 0.266. The van der Waals surface area contributed by atoms with Crippen LogP contribution in [-0.2, 0) is 24.1 Å². The van der Waals surface area contributed by atoms with E-state index in [1.54, 1.807) is 48.5 Å². The Morgan fingerprint density at radius 2 is 1.50 bits per heavy atom. The summed E-state index contributed by atoms with van der Waals surface area (Å²) in [5.41, 5.74) is 3.97. The van der Waals surface area contributed by atoms with Crippen molar-refractivity contribution in [1.82, 2.24) is 0 Å². The van der Waals surface area contributed by atoms with E-state index in [4.69, 9.17) is 0 Å². The van der Waals surface area contributed by atoms with Crippen molar-refractivity contribution < 1.29 is 18.7 Å². The topological polar surface area (TPSA) is 80.7 Å². The summed E-state index contributed by atoms with van der Waals surface area (Å²) in [4.78, 5) is 11.4. The Kier molecular flexibility index (Phi) is 6.23. The quantitative estimate of drug-likeness (QED) is 0.602. The minimum Gasteiger partial charge on any atom is -0.755 e. The Labute approximate surface area is 166 Å². The Bertz CT molecular complexity index is 1000. The molecule has 0 bridgehead atoms. The number of benzene rings is 3. The predicted molar refractivity (Wildman–Crippen MR) is 109 cm³/mol. The maximum atomic E-state index is 12.0. The number of carboxylic acids is 1. The van der Waals surface area contributed by atoms with Gasteiger partial charge in [0.05, 0.1) is 28.2 Å². The zero-order chi connectivity index (χ0) is 20.1. The van der Waals surface area contributed by atoms with E-state index in [1.165, 1.54) is 4.31 Å². The highest BCUT2D eigenvalue weighted by Gasteiger charge is 2.15. The number of aryl methyl sites for hydroxylation is 3. The standard InChI is InChI=1S/C22H21NO4S/c1-16-10-14-19(15-11-16)23(28(26)27)21-9-5-3-7-18(21)13-12-17-6-2-4-8-20(17)22(24)25/h2-11,14-15H,12-13H2,1H3,(H,24,25)(H,26,27)/p-1. The van der Waals surface area contributed by atoms with Crippen LogP contribution in [0.2, 0.25) is 0 Å². The van der Waals surface area contributed by atoms with Gasteiger partial charge in [0.1, 0.15) is 0 Å². The van der Waals surface area contributed by atoms with Crippen molar-refractivity contribution in [2.45, 2.75) is 19.8 Å². The van der Waals surface area contributed by atoms with Gasteiger partial charge in [-0.3, -0.25) is 8.51 Å². The summed E-state index contributed by atoms with van der Waals surface area (Å²) in [5, 5.41) is 9.36. The number of carbonyl (C=O) groups is 1. The van der Waals surface area contributed by atoms with Gasteiger partial charge in [-0.2, -0.15) is 0 Å². The lowest BCUT2D eigenvalue weighted by molar-refractivity contribution is 0.0695. The molecule has 0 fully saturated rings. The first-order valence-electron chi connectivity index (χ1n) is 8.82. The third-order valence-electron chi connectivity index (χ3n) is 4.54. The summed E-state index contributed by atoms with van der Waals surface area (Å²) in [5.74, 6) is -0.967. The molecule has 0 aliphatic heterocycles. The monoisotopic (exact) mass is 394 g/mol. The Hall–Kier alpha value is -2.96. The van der Waals surface area contributed by atoms with Gasteiger partial charge in [-0.25, -0.2) is 4.79 Å². The molecule has 28 heavy (non-hydrogen) atoms. The third-order valence-corrected chi connectivity index (χ3v) is 5.25. The molecule has 3 aromatic rings. The van der Waals surface area contributed by atoms with Crippen LogP contribution in [0, 0.1) is 6.92 Å². The third kappa shape index (κ3) is 4.47. The number of para-hydroxylation sites is 1. The normalized spacial score (nSPS) is 11.8. The van der Waals surface area contributed by atoms with Crippen LogP contribution < -0.4 is 4.31 Å². The van der Waals surface area contributed by atoms with E-state index in [-0.39, 0.29) is 5.56 Å². The SMILES string of the molecule is Cc1ccc(N(c2ccccc2CCc2ccccc2C(=O)O)S(=O)[O-])cc1. The second kappa shape index (κ2) is 8.82. The summed E-state index contributed by atoms with van der Waals surface area (Å²) >= 11 is -2.49. The molecule has 0 aromatic heterocycles. The fraction of sp³-hybridized carbons (Fsp3) is 0.136. The van der Waals surface area contributed by atoms with E-state index in [1.807, 2.05) is 31.2 Å². The molecule has 1 unspecified atom stereocenters. The number of aromatic carboxylic acids is 1. The van der Waals surface area contributed by atoms with E-state index in [0.29, 0.717) is 24.2 Å². The number of rotatable bonds is 7. The number of carboxylic acid groups (broad SMARTS) is 1. The molecular formula is C22H20NO4S-. The van der Waals surface area contributed by atoms with Gasteiger partial charge in [-0.05, 0) is 55.2 Å². The van der Waals surface area contributed by atoms with Gasteiger partial charge in [-0.1, -0.05) is 54.1 Å². The fourth-order valence-electron chi connectivity index (χ4n) is 3.12. The van der Waals surface area contributed by atoms with Crippen LogP contribution in [0.25, 0.3) is 0 Å². The predicted octanol–water partition coefficient (Wildman–Crippen LogP) is 4.41. The maximum absolute atomic E-state index is 12.0. The van der Waals surface area contributed by atoms with Crippen molar-refractivity contribution in [3.05, 3.63) is 95.1 Å². The van der Waals surface area contributed by atoms with Gasteiger partial charge in [0.2, 0.25) is 0 Å². The molecular weight excluding hydrogens is 374 g/mol. The minimum atomic E-state index is -2.49. The first-order chi connectivity index (χ1) is 13.5. The van der Waals surface area contributed by atoms with Crippen molar-refractivity contribution >= 4 is 28.6 Å². The second-order valence-corrected chi connectivity index (χ2v) is 7.24. The van der Waals surface area contributed by atoms with Crippen molar-refractivity contribution in [2.24, 2.45) is 0 Å². The van der Waals surface area contributed by atoms with Gasteiger partial charge in [0, 0.05) is 0 Å². The largest absolute Gasteiger partial charge is 0.755 e. The molecule has 1 N–H and O–H groups in total. The lowest BCUT2D eigenvalue weighted by Gasteiger charge is -2.28. The lowest BCUT2D eigenvalue weighted by atomic mass is 9.99. The van der Waals surface area contributed by atoms with Gasteiger partial charge in [0.15, 0.2) is 0 Å². The molecule has 0 spiro atoms. The van der Waals surface area contributed by atoms with Crippen molar-refractivity contribution in [3.63, 3.8) is 0 Å². The first kappa shape index (κ1) is 19.8. The molecule has 3 rings (SSSR count). The van der Waals surface area contributed by atoms with Gasteiger partial charge < -0.3 is 9.66 Å². The average Bonchev–Trinajstić information content (AvgIpc) is 2.69. The van der Waals surface area contributed by atoms with Crippen LogP contribution in [0.1, 0.15) is 27.0 Å². The number of nitrogens with zero attached hydrogens (tertiary/aromatic N) is 1. The first-order valence-corrected chi connectivity index (χ1v) is 9.86. The summed E-state index contributed by atoms with van der Waals surface area (Å²) in [6.07, 6.45) is 1.01. The van der Waals surface area contributed by atoms with Crippen molar-refractivity contribution in [1.29, 1.82) is 0 Å². The fourth-order valence-corrected chi connectivity index (χ4v) is 3.75. The van der Waals surface area contributed by atoms with Crippen LogP contribution in [0.5, 0.6) is 0 Å². The number of hydrogen-bond donors (Lipinski definition) is 1. The summed E-state index contributed by atoms with van der Waals surface area (Å²) in [7, 11) is 0. The van der Waals surface area contributed by atoms with Crippen LogP contribution in [-0.4, -0.2) is 19.8 Å². The highest BCUT2D eigenvalue weighted by molar-refractivity contribution is 7.81. The summed E-state index contributed by atoms with van der Waals surface area (Å²) in [6.45, 7) is 1.94. The van der Waals surface area contributed by atoms with Crippen LogP contribution in [0.15, 0.2) is 72.8 Å². The van der Waals surface area contributed by atoms with Gasteiger partial charge >= 0.3 is 5.97 Å². The van der Waals surface area contributed by atoms with Gasteiger partial charge in [0.25, 0.3) is 0 Å². The average molecular weight is 394 g/mol. The molecule has 0 aliphatic rings. The lowest BCUT2D eigenvalue weighted by Crippen LogP contribution is -2.21. The van der Waals surface area contributed by atoms with E-state index >= 15 is 0 Å². The Balaban J connectivity index is 1.93. The van der Waals surface area contributed by atoms with Crippen molar-refractivity contribution in [2.75, 3.05) is 4.31 Å². The van der Waals surface area contributed by atoms with E-state index < -0.39 is 17.2 Å².